The van der Waals surface area contributed by atoms with Crippen LogP contribution in [0.2, 0.25) is 5.15 Å². The average Bonchev–Trinajstić information content (AvgIpc) is 3.05. The van der Waals surface area contributed by atoms with Crippen LogP contribution in [-0.4, -0.2) is 21.6 Å². The molecule has 1 aromatic heterocycles. The molecule has 0 radical (unpaired) electrons. The minimum absolute atomic E-state index is 0.0397. The second-order valence-corrected chi connectivity index (χ2v) is 8.82. The van der Waals surface area contributed by atoms with E-state index in [2.05, 4.69) is 46.9 Å². The number of nitrogens with zero attached hydrogens (tertiary/aromatic N) is 2. The summed E-state index contributed by atoms with van der Waals surface area (Å²) in [6.07, 6.45) is 4.39. The maximum absolute atomic E-state index is 12.6. The molecule has 4 rings (SSSR count). The molecule has 1 aliphatic heterocycles. The van der Waals surface area contributed by atoms with Gasteiger partial charge in [0.15, 0.2) is 0 Å². The Morgan fingerprint density at radius 3 is 2.73 bits per heavy atom. The molecule has 1 aliphatic rings. The number of carbonyl (C=O) groups is 2. The first-order valence-corrected chi connectivity index (χ1v) is 11.4. The van der Waals surface area contributed by atoms with Gasteiger partial charge in [0.2, 0.25) is 11.8 Å². The lowest BCUT2D eigenvalue weighted by molar-refractivity contribution is -0.117. The molecule has 0 spiro atoms. The highest BCUT2D eigenvalue weighted by Crippen LogP contribution is 2.26. The van der Waals surface area contributed by atoms with Crippen LogP contribution in [0.4, 0.5) is 5.69 Å². The summed E-state index contributed by atoms with van der Waals surface area (Å²) in [5, 5.41) is 10.9. The van der Waals surface area contributed by atoms with E-state index in [0.29, 0.717) is 24.5 Å². The van der Waals surface area contributed by atoms with Crippen LogP contribution in [0.5, 0.6) is 0 Å². The fraction of sp³-hybridized carbons (Fsp3) is 0.269. The summed E-state index contributed by atoms with van der Waals surface area (Å²) < 4.78 is 1.74. The van der Waals surface area contributed by atoms with Crippen molar-refractivity contribution in [3.05, 3.63) is 87.2 Å². The summed E-state index contributed by atoms with van der Waals surface area (Å²) in [6, 6.07) is 13.9. The Kier molecular flexibility index (Phi) is 6.65. The van der Waals surface area contributed by atoms with Gasteiger partial charge in [0.1, 0.15) is 5.15 Å². The van der Waals surface area contributed by atoms with E-state index in [9.17, 15) is 9.59 Å². The van der Waals surface area contributed by atoms with Gasteiger partial charge in [-0.2, -0.15) is 5.10 Å². The summed E-state index contributed by atoms with van der Waals surface area (Å²) in [4.78, 5) is 24.1. The molecule has 2 amide bonds. The van der Waals surface area contributed by atoms with Crippen molar-refractivity contribution in [3.63, 3.8) is 0 Å². The molecule has 0 fully saturated rings. The van der Waals surface area contributed by atoms with Crippen LogP contribution in [0.15, 0.2) is 48.5 Å². The number of carbonyl (C=O) groups excluding carboxylic acids is 2. The molecule has 6 nitrogen and oxygen atoms in total. The molecule has 7 heteroatoms. The fourth-order valence-electron chi connectivity index (χ4n) is 3.90. The molecule has 2 heterocycles. The smallest absolute Gasteiger partial charge is 0.244 e. The monoisotopic (exact) mass is 462 g/mol. The molecule has 3 aromatic rings. The number of hydrogen-bond donors (Lipinski definition) is 2. The fourth-order valence-corrected chi connectivity index (χ4v) is 4.20. The lowest BCUT2D eigenvalue weighted by atomic mass is 9.98. The van der Waals surface area contributed by atoms with Crippen molar-refractivity contribution < 1.29 is 9.59 Å². The van der Waals surface area contributed by atoms with Gasteiger partial charge >= 0.3 is 0 Å². The normalized spacial score (nSPS) is 14.1. The topological polar surface area (TPSA) is 76.0 Å². The number of amides is 2. The molecule has 33 heavy (non-hydrogen) atoms. The van der Waals surface area contributed by atoms with E-state index >= 15 is 0 Å². The number of nitrogens with one attached hydrogen (secondary N) is 2. The van der Waals surface area contributed by atoms with Crippen LogP contribution >= 0.6 is 11.6 Å². The quantitative estimate of drug-likeness (QED) is 0.507. The Balaban J connectivity index is 1.42. The largest absolute Gasteiger partial charge is 0.346 e. The summed E-state index contributed by atoms with van der Waals surface area (Å²) >= 11 is 6.56. The highest BCUT2D eigenvalue weighted by Gasteiger charge is 2.17. The van der Waals surface area contributed by atoms with Gasteiger partial charge in [-0.3, -0.25) is 9.59 Å². The SMILES string of the molecule is Cc1ccc(Cn2nc(C)c(/C=C/C(=O)NC(C)c3ccc4c(c3)CCC(=O)N4)c2Cl)cc1. The molecule has 0 saturated carbocycles. The van der Waals surface area contributed by atoms with E-state index in [4.69, 9.17) is 11.6 Å². The second-order valence-electron chi connectivity index (χ2n) is 8.46. The number of benzene rings is 2. The molecule has 2 aromatic carbocycles. The highest BCUT2D eigenvalue weighted by atomic mass is 35.5. The number of anilines is 1. The first-order chi connectivity index (χ1) is 15.8. The predicted octanol–water partition coefficient (Wildman–Crippen LogP) is 4.98. The minimum Gasteiger partial charge on any atom is -0.346 e. The van der Waals surface area contributed by atoms with Crippen LogP contribution in [0.25, 0.3) is 6.08 Å². The van der Waals surface area contributed by atoms with Gasteiger partial charge in [-0.15, -0.1) is 0 Å². The Labute approximate surface area is 198 Å². The second kappa shape index (κ2) is 9.63. The van der Waals surface area contributed by atoms with Gasteiger partial charge in [-0.25, -0.2) is 4.68 Å². The molecule has 0 aliphatic carbocycles. The minimum atomic E-state index is -0.213. The van der Waals surface area contributed by atoms with Gasteiger partial charge < -0.3 is 10.6 Å². The van der Waals surface area contributed by atoms with E-state index in [-0.39, 0.29) is 17.9 Å². The molecule has 1 unspecified atom stereocenters. The van der Waals surface area contributed by atoms with E-state index in [1.165, 1.54) is 11.6 Å². The Hall–Kier alpha value is -3.38. The van der Waals surface area contributed by atoms with Crippen molar-refractivity contribution in [1.29, 1.82) is 0 Å². The molecule has 2 N–H and O–H groups in total. The van der Waals surface area contributed by atoms with Crippen LogP contribution in [0.1, 0.15) is 52.9 Å². The van der Waals surface area contributed by atoms with Gasteiger partial charge in [-0.05, 0) is 56.0 Å². The summed E-state index contributed by atoms with van der Waals surface area (Å²) in [5.41, 5.74) is 6.74. The van der Waals surface area contributed by atoms with Gasteiger partial charge in [0.05, 0.1) is 18.3 Å². The lowest BCUT2D eigenvalue weighted by Crippen LogP contribution is -2.25. The average molecular weight is 463 g/mol. The van der Waals surface area contributed by atoms with Crippen molar-refractivity contribution in [2.45, 2.75) is 46.2 Å². The predicted molar refractivity (Wildman–Crippen MR) is 131 cm³/mol. The van der Waals surface area contributed by atoms with Gasteiger partial charge in [-0.1, -0.05) is 53.6 Å². The Bertz CT molecular complexity index is 1230. The van der Waals surface area contributed by atoms with E-state index in [0.717, 1.165) is 33.6 Å². The first-order valence-electron chi connectivity index (χ1n) is 11.0. The van der Waals surface area contributed by atoms with Crippen LogP contribution in [-0.2, 0) is 22.6 Å². The maximum Gasteiger partial charge on any atom is 0.244 e. The van der Waals surface area contributed by atoms with Crippen LogP contribution in [0, 0.1) is 13.8 Å². The zero-order valence-corrected chi connectivity index (χ0v) is 19.7. The maximum atomic E-state index is 12.6. The Morgan fingerprint density at radius 1 is 1.21 bits per heavy atom. The number of halogens is 1. The highest BCUT2D eigenvalue weighted by molar-refractivity contribution is 6.31. The zero-order chi connectivity index (χ0) is 23.5. The summed E-state index contributed by atoms with van der Waals surface area (Å²) in [6.45, 7) is 6.43. The summed E-state index contributed by atoms with van der Waals surface area (Å²) in [7, 11) is 0. The third kappa shape index (κ3) is 5.34. The molecule has 170 valence electrons. The number of hydrogen-bond acceptors (Lipinski definition) is 3. The van der Waals surface area contributed by atoms with Crippen molar-refractivity contribution in [2.24, 2.45) is 0 Å². The van der Waals surface area contributed by atoms with Gasteiger partial charge in [0, 0.05) is 23.7 Å². The van der Waals surface area contributed by atoms with Crippen LogP contribution in [0.3, 0.4) is 0 Å². The number of fused-ring (bicyclic) bond motifs is 1. The zero-order valence-electron chi connectivity index (χ0n) is 19.0. The molecular weight excluding hydrogens is 436 g/mol. The molecular formula is C26H27ClN4O2. The summed E-state index contributed by atoms with van der Waals surface area (Å²) in [5.74, 6) is -0.173. The van der Waals surface area contributed by atoms with Crippen molar-refractivity contribution in [1.82, 2.24) is 15.1 Å². The van der Waals surface area contributed by atoms with Gasteiger partial charge in [0.25, 0.3) is 0 Å². The Morgan fingerprint density at radius 2 is 1.97 bits per heavy atom. The lowest BCUT2D eigenvalue weighted by Gasteiger charge is -2.20. The number of rotatable bonds is 6. The van der Waals surface area contributed by atoms with Crippen molar-refractivity contribution >= 4 is 35.2 Å². The van der Waals surface area contributed by atoms with Crippen molar-refractivity contribution in [3.8, 4) is 0 Å². The number of aryl methyl sites for hydroxylation is 3. The van der Waals surface area contributed by atoms with Crippen molar-refractivity contribution in [2.75, 3.05) is 5.32 Å². The first kappa shape index (κ1) is 22.8. The van der Waals surface area contributed by atoms with E-state index in [1.54, 1.807) is 10.8 Å². The third-order valence-corrected chi connectivity index (χ3v) is 6.25. The van der Waals surface area contributed by atoms with E-state index < -0.39 is 0 Å². The molecule has 0 saturated heterocycles. The number of aromatic nitrogens is 2. The standard InChI is InChI=1S/C26H27ClN4O2/c1-16-4-6-19(7-5-16)15-31-26(27)22(18(3)30-31)10-13-24(32)28-17(2)20-8-11-23-21(14-20)9-12-25(33)29-23/h4-8,10-11,13-14,17H,9,12,15H2,1-3H3,(H,28,32)(H,29,33)/b13-10+. The van der Waals surface area contributed by atoms with Crippen LogP contribution < -0.4 is 10.6 Å². The molecule has 0 bridgehead atoms. The molecule has 1 atom stereocenters. The third-order valence-electron chi connectivity index (χ3n) is 5.85. The van der Waals surface area contributed by atoms with E-state index in [1.807, 2.05) is 32.0 Å².